The molecule has 17 heavy (non-hydrogen) atoms. The van der Waals surface area contributed by atoms with Crippen LogP contribution in [0.3, 0.4) is 0 Å². The van der Waals surface area contributed by atoms with Crippen LogP contribution in [0.1, 0.15) is 16.8 Å². The number of anilines is 1. The van der Waals surface area contributed by atoms with Crippen LogP contribution in [0.25, 0.3) is 0 Å². The van der Waals surface area contributed by atoms with Crippen molar-refractivity contribution in [1.29, 1.82) is 0 Å². The Bertz CT molecular complexity index is 400. The number of nitrogens with one attached hydrogen (secondary N) is 1. The van der Waals surface area contributed by atoms with Crippen molar-refractivity contribution in [2.75, 3.05) is 32.1 Å². The molecule has 0 aliphatic carbocycles. The molecule has 1 atom stereocenters. The van der Waals surface area contributed by atoms with E-state index in [2.05, 4.69) is 10.2 Å². The zero-order valence-electron chi connectivity index (χ0n) is 10.3. The van der Waals surface area contributed by atoms with E-state index < -0.39 is 0 Å². The molecule has 0 amide bonds. The van der Waals surface area contributed by atoms with Crippen molar-refractivity contribution in [3.63, 3.8) is 0 Å². The Kier molecular flexibility index (Phi) is 3.64. The number of likely N-dealkylation sites (N-methyl/N-ethyl adjacent to an activating group) is 1. The van der Waals surface area contributed by atoms with Gasteiger partial charge in [-0.2, -0.15) is 0 Å². The van der Waals surface area contributed by atoms with E-state index in [0.717, 1.165) is 25.2 Å². The van der Waals surface area contributed by atoms with Crippen molar-refractivity contribution in [1.82, 2.24) is 5.32 Å². The number of carbonyl (C=O) groups is 1. The van der Waals surface area contributed by atoms with E-state index in [0.29, 0.717) is 11.6 Å². The molecule has 2 rings (SSSR count). The number of carbonyl (C=O) groups excluding carboxylic acids is 1. The standard InChI is InChI=1S/C13H18N2O2/c1-15(10-7-8-14-9-10)12-6-4-3-5-11(12)13(16)17-2/h3-6,10,14H,7-9H2,1-2H3. The monoisotopic (exact) mass is 234 g/mol. The number of ether oxygens (including phenoxy) is 1. The molecular formula is C13H18N2O2. The van der Waals surface area contributed by atoms with Crippen LogP contribution in [-0.2, 0) is 4.74 Å². The third-order valence-corrected chi connectivity index (χ3v) is 3.27. The lowest BCUT2D eigenvalue weighted by atomic mass is 10.1. The molecular weight excluding hydrogens is 216 g/mol. The Morgan fingerprint density at radius 2 is 2.24 bits per heavy atom. The Morgan fingerprint density at radius 3 is 2.88 bits per heavy atom. The second kappa shape index (κ2) is 5.19. The van der Waals surface area contributed by atoms with Gasteiger partial charge in [-0.1, -0.05) is 12.1 Å². The van der Waals surface area contributed by atoms with Gasteiger partial charge in [-0.3, -0.25) is 0 Å². The van der Waals surface area contributed by atoms with Gasteiger partial charge < -0.3 is 15.0 Å². The van der Waals surface area contributed by atoms with Gasteiger partial charge >= 0.3 is 5.97 Å². The van der Waals surface area contributed by atoms with Gasteiger partial charge in [-0.25, -0.2) is 4.79 Å². The molecule has 1 aromatic rings. The zero-order valence-corrected chi connectivity index (χ0v) is 10.3. The van der Waals surface area contributed by atoms with Crippen LogP contribution in [0, 0.1) is 0 Å². The van der Waals surface area contributed by atoms with Crippen LogP contribution in [0.5, 0.6) is 0 Å². The topological polar surface area (TPSA) is 41.6 Å². The van der Waals surface area contributed by atoms with Crippen molar-refractivity contribution in [3.8, 4) is 0 Å². The molecule has 0 spiro atoms. The third kappa shape index (κ3) is 2.42. The Morgan fingerprint density at radius 1 is 1.47 bits per heavy atom. The highest BCUT2D eigenvalue weighted by molar-refractivity contribution is 5.95. The number of hydrogen-bond donors (Lipinski definition) is 1. The summed E-state index contributed by atoms with van der Waals surface area (Å²) in [4.78, 5) is 13.8. The van der Waals surface area contributed by atoms with E-state index >= 15 is 0 Å². The highest BCUT2D eigenvalue weighted by Gasteiger charge is 2.22. The predicted molar refractivity (Wildman–Crippen MR) is 67.5 cm³/mol. The quantitative estimate of drug-likeness (QED) is 0.800. The van der Waals surface area contributed by atoms with Gasteiger partial charge in [0.05, 0.1) is 18.4 Å². The van der Waals surface area contributed by atoms with Crippen LogP contribution >= 0.6 is 0 Å². The number of nitrogens with zero attached hydrogens (tertiary/aromatic N) is 1. The first-order valence-corrected chi connectivity index (χ1v) is 5.85. The lowest BCUT2D eigenvalue weighted by Gasteiger charge is -2.27. The lowest BCUT2D eigenvalue weighted by Crippen LogP contribution is -2.34. The minimum atomic E-state index is -0.279. The van der Waals surface area contributed by atoms with E-state index in [1.807, 2.05) is 25.2 Å². The molecule has 0 radical (unpaired) electrons. The third-order valence-electron chi connectivity index (χ3n) is 3.27. The molecule has 0 aromatic heterocycles. The van der Waals surface area contributed by atoms with Crippen LogP contribution in [0.4, 0.5) is 5.69 Å². The summed E-state index contributed by atoms with van der Waals surface area (Å²) in [6.45, 7) is 2.00. The molecule has 1 aliphatic heterocycles. The molecule has 4 heteroatoms. The van der Waals surface area contributed by atoms with Gasteiger partial charge in [-0.15, -0.1) is 0 Å². The summed E-state index contributed by atoms with van der Waals surface area (Å²) in [5, 5.41) is 3.33. The van der Waals surface area contributed by atoms with Crippen molar-refractivity contribution >= 4 is 11.7 Å². The van der Waals surface area contributed by atoms with Crippen LogP contribution in [-0.4, -0.2) is 39.3 Å². The first-order chi connectivity index (χ1) is 8.24. The van der Waals surface area contributed by atoms with E-state index in [1.54, 1.807) is 6.07 Å². The van der Waals surface area contributed by atoms with E-state index in [-0.39, 0.29) is 5.97 Å². The van der Waals surface area contributed by atoms with Gasteiger partial charge in [0.2, 0.25) is 0 Å². The van der Waals surface area contributed by atoms with Crippen molar-refractivity contribution in [3.05, 3.63) is 29.8 Å². The molecule has 1 aliphatic rings. The molecule has 4 nitrogen and oxygen atoms in total. The summed E-state index contributed by atoms with van der Waals surface area (Å²) in [7, 11) is 3.44. The summed E-state index contributed by atoms with van der Waals surface area (Å²) in [5.41, 5.74) is 1.57. The smallest absolute Gasteiger partial charge is 0.339 e. The first-order valence-electron chi connectivity index (χ1n) is 5.85. The van der Waals surface area contributed by atoms with Crippen molar-refractivity contribution < 1.29 is 9.53 Å². The predicted octanol–water partition coefficient (Wildman–Crippen LogP) is 1.27. The maximum absolute atomic E-state index is 11.7. The van der Waals surface area contributed by atoms with Crippen LogP contribution in [0.2, 0.25) is 0 Å². The zero-order chi connectivity index (χ0) is 12.3. The summed E-state index contributed by atoms with van der Waals surface area (Å²) in [5.74, 6) is -0.279. The lowest BCUT2D eigenvalue weighted by molar-refractivity contribution is 0.0601. The molecule has 0 bridgehead atoms. The summed E-state index contributed by atoms with van der Waals surface area (Å²) in [6, 6.07) is 8.02. The largest absolute Gasteiger partial charge is 0.465 e. The van der Waals surface area contributed by atoms with Gasteiger partial charge in [0.25, 0.3) is 0 Å². The number of rotatable bonds is 3. The average molecular weight is 234 g/mol. The van der Waals surface area contributed by atoms with Crippen molar-refractivity contribution in [2.24, 2.45) is 0 Å². The molecule has 92 valence electrons. The van der Waals surface area contributed by atoms with Gasteiger partial charge in [0.15, 0.2) is 0 Å². The average Bonchev–Trinajstić information content (AvgIpc) is 2.91. The summed E-state index contributed by atoms with van der Waals surface area (Å²) >= 11 is 0. The highest BCUT2D eigenvalue weighted by Crippen LogP contribution is 2.23. The molecule has 1 heterocycles. The fourth-order valence-corrected chi connectivity index (χ4v) is 2.23. The number of methoxy groups -OCH3 is 1. The highest BCUT2D eigenvalue weighted by atomic mass is 16.5. The minimum absolute atomic E-state index is 0.279. The molecule has 1 fully saturated rings. The number of para-hydroxylation sites is 1. The summed E-state index contributed by atoms with van der Waals surface area (Å²) < 4.78 is 4.81. The van der Waals surface area contributed by atoms with Gasteiger partial charge in [0.1, 0.15) is 0 Å². The number of benzene rings is 1. The van der Waals surface area contributed by atoms with E-state index in [4.69, 9.17) is 4.74 Å². The second-order valence-corrected chi connectivity index (χ2v) is 4.27. The number of esters is 1. The molecule has 1 N–H and O–H groups in total. The normalized spacial score (nSPS) is 19.1. The fraction of sp³-hybridized carbons (Fsp3) is 0.462. The SMILES string of the molecule is COC(=O)c1ccccc1N(C)C1CCNC1. The maximum Gasteiger partial charge on any atom is 0.339 e. The fourth-order valence-electron chi connectivity index (χ4n) is 2.23. The first kappa shape index (κ1) is 11.9. The van der Waals surface area contributed by atoms with Crippen LogP contribution in [0.15, 0.2) is 24.3 Å². The Labute approximate surface area is 102 Å². The molecule has 1 saturated heterocycles. The summed E-state index contributed by atoms with van der Waals surface area (Å²) in [6.07, 6.45) is 1.10. The number of hydrogen-bond acceptors (Lipinski definition) is 4. The van der Waals surface area contributed by atoms with Gasteiger partial charge in [0, 0.05) is 19.6 Å². The van der Waals surface area contributed by atoms with E-state index in [1.165, 1.54) is 7.11 Å². The minimum Gasteiger partial charge on any atom is -0.465 e. The van der Waals surface area contributed by atoms with Crippen molar-refractivity contribution in [2.45, 2.75) is 12.5 Å². The Balaban J connectivity index is 2.27. The Hall–Kier alpha value is -1.55. The second-order valence-electron chi connectivity index (χ2n) is 4.27. The molecule has 1 aromatic carbocycles. The molecule has 0 saturated carbocycles. The van der Waals surface area contributed by atoms with Gasteiger partial charge in [-0.05, 0) is 25.1 Å². The maximum atomic E-state index is 11.7. The van der Waals surface area contributed by atoms with E-state index in [9.17, 15) is 4.79 Å². The molecule has 1 unspecified atom stereocenters. The van der Waals surface area contributed by atoms with Crippen LogP contribution < -0.4 is 10.2 Å².